The van der Waals surface area contributed by atoms with Crippen molar-refractivity contribution in [1.29, 1.82) is 0 Å². The van der Waals surface area contributed by atoms with Crippen molar-refractivity contribution in [2.24, 2.45) is 11.8 Å². The summed E-state index contributed by atoms with van der Waals surface area (Å²) in [5, 5.41) is 14.7. The minimum Gasteiger partial charge on any atom is -0.512 e. The van der Waals surface area contributed by atoms with Gasteiger partial charge < -0.3 is 15.1 Å². The van der Waals surface area contributed by atoms with Crippen molar-refractivity contribution in [3.63, 3.8) is 0 Å². The van der Waals surface area contributed by atoms with Gasteiger partial charge in [0, 0.05) is 50.4 Å². The Bertz CT molecular complexity index is 2180. The average Bonchev–Trinajstić information content (AvgIpc) is 3.20. The van der Waals surface area contributed by atoms with E-state index in [1.165, 1.54) is 44.3 Å². The first-order valence-corrected chi connectivity index (χ1v) is 20.4. The number of fused-ring (bicyclic) bond motifs is 2. The Hall–Kier alpha value is -4.44. The first-order chi connectivity index (χ1) is 26.7. The number of unbranched alkanes of at least 4 members (excludes halogenated alkanes) is 1. The van der Waals surface area contributed by atoms with Crippen LogP contribution in [-0.2, 0) is 37.7 Å². The standard InChI is InChI=1S/C38H34N2.C13H24O2.Ir/c1-26(2)30-18-19-34-35(23-30)32(25-40-38(34)36-22-27(3)21-31-14-9-10-16-33(31)36)15-8-7-11-28-17-20-37(39-24-28)29-12-5-4-6-13-29;1-5-10(6-2)12(14)9-13(15)11(7-3)8-4;/h4-6,9-10,12,14,16-21,23-26H,7-8,11,15H2,1-3H3;9-11,14H,5-8H2,1-4H3;/q-2;;/b;12-9-;. The number of benzene rings is 4. The normalized spacial score (nSPS) is 11.6. The van der Waals surface area contributed by atoms with E-state index in [1.807, 2.05) is 52.1 Å². The van der Waals surface area contributed by atoms with Gasteiger partial charge in [-0.05, 0) is 96.1 Å². The maximum absolute atomic E-state index is 11.7. The van der Waals surface area contributed by atoms with Gasteiger partial charge in [0.15, 0.2) is 5.78 Å². The van der Waals surface area contributed by atoms with Crippen LogP contribution >= 0.6 is 0 Å². The van der Waals surface area contributed by atoms with Gasteiger partial charge in [-0.3, -0.25) is 4.79 Å². The molecule has 4 aromatic carbocycles. The molecule has 0 aliphatic rings. The molecule has 56 heavy (non-hydrogen) atoms. The average molecular weight is 923 g/mol. The maximum atomic E-state index is 11.7. The number of carbonyl (C=O) groups is 1. The number of nitrogens with zero attached hydrogens (tertiary/aromatic N) is 2. The van der Waals surface area contributed by atoms with E-state index in [0.29, 0.717) is 5.92 Å². The third kappa shape index (κ3) is 11.3. The molecule has 0 aliphatic heterocycles. The summed E-state index contributed by atoms with van der Waals surface area (Å²) >= 11 is 0. The predicted octanol–water partition coefficient (Wildman–Crippen LogP) is 13.6. The molecule has 0 unspecified atom stereocenters. The van der Waals surface area contributed by atoms with E-state index in [0.717, 1.165) is 79.4 Å². The molecule has 4 nitrogen and oxygen atoms in total. The second-order valence-corrected chi connectivity index (χ2v) is 15.0. The van der Waals surface area contributed by atoms with Crippen molar-refractivity contribution in [2.75, 3.05) is 0 Å². The molecular weight excluding hydrogens is 865 g/mol. The molecule has 295 valence electrons. The maximum Gasteiger partial charge on any atom is 0.162 e. The number of aliphatic hydroxyl groups is 1. The Balaban J connectivity index is 0.000000372. The van der Waals surface area contributed by atoms with Crippen LogP contribution in [-0.4, -0.2) is 20.9 Å². The van der Waals surface area contributed by atoms with E-state index in [2.05, 4.69) is 111 Å². The molecule has 0 amide bonds. The second-order valence-electron chi connectivity index (χ2n) is 15.0. The Labute approximate surface area is 349 Å². The summed E-state index contributed by atoms with van der Waals surface area (Å²) in [6.07, 6.45) is 13.3. The zero-order valence-electron chi connectivity index (χ0n) is 34.3. The first kappa shape index (κ1) is 44.3. The van der Waals surface area contributed by atoms with Gasteiger partial charge in [0.2, 0.25) is 0 Å². The fraction of sp³-hybridized carbons (Fsp3) is 0.353. The molecule has 2 aromatic heterocycles. The van der Waals surface area contributed by atoms with Crippen LogP contribution in [0.25, 0.3) is 44.1 Å². The van der Waals surface area contributed by atoms with Crippen LogP contribution in [0, 0.1) is 30.9 Å². The molecule has 0 fully saturated rings. The van der Waals surface area contributed by atoms with Crippen molar-refractivity contribution in [3.05, 3.63) is 144 Å². The molecule has 0 saturated carbocycles. The minimum atomic E-state index is 0. The van der Waals surface area contributed by atoms with Crippen molar-refractivity contribution in [3.8, 4) is 22.5 Å². The molecule has 1 N–H and O–H groups in total. The molecule has 0 aliphatic carbocycles. The first-order valence-electron chi connectivity index (χ1n) is 20.4. The van der Waals surface area contributed by atoms with E-state index in [-0.39, 0.29) is 43.5 Å². The molecule has 0 bridgehead atoms. The second kappa shape index (κ2) is 21.8. The summed E-state index contributed by atoms with van der Waals surface area (Å²) in [5.41, 5.74) is 9.23. The van der Waals surface area contributed by atoms with Crippen LogP contribution in [0.4, 0.5) is 0 Å². The number of carbonyl (C=O) groups excluding carboxylic acids is 1. The Kier molecular flexibility index (Phi) is 17.2. The summed E-state index contributed by atoms with van der Waals surface area (Å²) in [4.78, 5) is 21.5. The zero-order valence-corrected chi connectivity index (χ0v) is 36.7. The van der Waals surface area contributed by atoms with Crippen LogP contribution in [0.1, 0.15) is 108 Å². The quantitative estimate of drug-likeness (QED) is 0.0482. The Morgan fingerprint density at radius 2 is 1.48 bits per heavy atom. The van der Waals surface area contributed by atoms with Gasteiger partial charge in [0.25, 0.3) is 0 Å². The number of rotatable bonds is 15. The molecule has 1 radical (unpaired) electrons. The third-order valence-electron chi connectivity index (χ3n) is 10.9. The van der Waals surface area contributed by atoms with E-state index in [9.17, 15) is 9.90 Å². The number of ketones is 1. The largest absolute Gasteiger partial charge is 0.512 e. The summed E-state index contributed by atoms with van der Waals surface area (Å²) in [5.74, 6) is 1.02. The number of hydrogen-bond acceptors (Lipinski definition) is 4. The van der Waals surface area contributed by atoms with E-state index in [1.54, 1.807) is 0 Å². The van der Waals surface area contributed by atoms with Gasteiger partial charge >= 0.3 is 0 Å². The van der Waals surface area contributed by atoms with Gasteiger partial charge in [-0.1, -0.05) is 108 Å². The van der Waals surface area contributed by atoms with E-state index in [4.69, 9.17) is 4.98 Å². The molecular formula is C51H58IrN2O2-2. The number of aromatic nitrogens is 2. The summed E-state index contributed by atoms with van der Waals surface area (Å²) in [6, 6.07) is 36.9. The summed E-state index contributed by atoms with van der Waals surface area (Å²) < 4.78 is 0. The number of aryl methyl sites for hydroxylation is 3. The molecule has 6 aromatic rings. The molecule has 2 heterocycles. The molecule has 0 spiro atoms. The minimum absolute atomic E-state index is 0. The molecule has 5 heteroatoms. The predicted molar refractivity (Wildman–Crippen MR) is 231 cm³/mol. The monoisotopic (exact) mass is 923 g/mol. The third-order valence-corrected chi connectivity index (χ3v) is 10.9. The SMILES string of the molecule is CCC(CC)C(=O)/C=C(\O)C(CC)CC.Cc1[c-]c(-c2ncc(CCCCc3ccc(-c4[c-]cccc4)nc3)c3cc(C(C)C)ccc23)c2ccccc2c1.[Ir]. The van der Waals surface area contributed by atoms with Crippen LogP contribution in [0.15, 0.2) is 109 Å². The van der Waals surface area contributed by atoms with Crippen molar-refractivity contribution >= 4 is 27.3 Å². The van der Waals surface area contributed by atoms with Gasteiger partial charge in [0.05, 0.1) is 5.76 Å². The summed E-state index contributed by atoms with van der Waals surface area (Å²) in [7, 11) is 0. The zero-order chi connectivity index (χ0) is 39.3. The van der Waals surface area contributed by atoms with Gasteiger partial charge in [-0.25, -0.2) is 0 Å². The van der Waals surface area contributed by atoms with Crippen molar-refractivity contribution < 1.29 is 30.0 Å². The van der Waals surface area contributed by atoms with Crippen molar-refractivity contribution in [2.45, 2.75) is 106 Å². The van der Waals surface area contributed by atoms with Crippen LogP contribution < -0.4 is 0 Å². The van der Waals surface area contributed by atoms with E-state index < -0.39 is 0 Å². The van der Waals surface area contributed by atoms with Gasteiger partial charge in [-0.2, -0.15) is 0 Å². The molecule has 6 rings (SSSR count). The number of allylic oxidation sites excluding steroid dienone is 2. The van der Waals surface area contributed by atoms with Crippen LogP contribution in [0.5, 0.6) is 0 Å². The molecule has 0 atom stereocenters. The smallest absolute Gasteiger partial charge is 0.162 e. The topological polar surface area (TPSA) is 63.1 Å². The Morgan fingerprint density at radius 1 is 0.768 bits per heavy atom. The number of hydrogen-bond donors (Lipinski definition) is 1. The molecule has 0 saturated heterocycles. The summed E-state index contributed by atoms with van der Waals surface area (Å²) in [6.45, 7) is 14.7. The van der Waals surface area contributed by atoms with Crippen LogP contribution in [0.2, 0.25) is 0 Å². The van der Waals surface area contributed by atoms with Crippen molar-refractivity contribution in [1.82, 2.24) is 9.97 Å². The number of pyridine rings is 2. The fourth-order valence-electron chi connectivity index (χ4n) is 7.35. The fourth-order valence-corrected chi connectivity index (χ4v) is 7.35. The Morgan fingerprint density at radius 3 is 2.14 bits per heavy atom. The van der Waals surface area contributed by atoms with Gasteiger partial charge in [-0.15, -0.1) is 64.5 Å². The van der Waals surface area contributed by atoms with Crippen LogP contribution in [0.3, 0.4) is 0 Å². The van der Waals surface area contributed by atoms with E-state index >= 15 is 0 Å². The van der Waals surface area contributed by atoms with Gasteiger partial charge in [0.1, 0.15) is 0 Å². The number of aliphatic hydroxyl groups excluding tert-OH is 1.